The van der Waals surface area contributed by atoms with E-state index in [-0.39, 0.29) is 5.76 Å². The van der Waals surface area contributed by atoms with E-state index >= 15 is 0 Å². The summed E-state index contributed by atoms with van der Waals surface area (Å²) in [5.74, 6) is -0.00680. The van der Waals surface area contributed by atoms with Crippen molar-refractivity contribution in [3.63, 3.8) is 0 Å². The molecule has 0 saturated carbocycles. The fraction of sp³-hybridized carbons (Fsp3) is 0.250. The second-order valence-electron chi connectivity index (χ2n) is 3.13. The van der Waals surface area contributed by atoms with Crippen LogP contribution in [0.1, 0.15) is 5.56 Å². The Bertz CT molecular complexity index is 396. The van der Waals surface area contributed by atoms with Crippen molar-refractivity contribution in [1.29, 1.82) is 0 Å². The first kappa shape index (κ1) is 12.1. The molecular formula is C12H14O4. The highest BCUT2D eigenvalue weighted by atomic mass is 16.6. The van der Waals surface area contributed by atoms with Crippen molar-refractivity contribution in [3.05, 3.63) is 41.9 Å². The highest BCUT2D eigenvalue weighted by Crippen LogP contribution is 2.16. The van der Waals surface area contributed by atoms with Gasteiger partial charge in [0.25, 0.3) is 0 Å². The van der Waals surface area contributed by atoms with Gasteiger partial charge in [-0.25, -0.2) is 4.79 Å². The largest absolute Gasteiger partial charge is 0.500 e. The van der Waals surface area contributed by atoms with Crippen LogP contribution in [0.15, 0.2) is 36.3 Å². The second kappa shape index (κ2) is 5.80. The van der Waals surface area contributed by atoms with Crippen LogP contribution in [0.5, 0.6) is 5.75 Å². The third-order valence-electron chi connectivity index (χ3n) is 1.83. The van der Waals surface area contributed by atoms with Crippen LogP contribution in [0.3, 0.4) is 0 Å². The van der Waals surface area contributed by atoms with E-state index in [1.807, 2.05) is 25.1 Å². The van der Waals surface area contributed by atoms with Crippen molar-refractivity contribution < 1.29 is 19.0 Å². The maximum Gasteiger partial charge on any atom is 0.377 e. The van der Waals surface area contributed by atoms with Gasteiger partial charge in [0.15, 0.2) is 0 Å². The van der Waals surface area contributed by atoms with Gasteiger partial charge in [-0.3, -0.25) is 0 Å². The first-order valence-electron chi connectivity index (χ1n) is 4.73. The standard InChI is InChI=1S/C12H14O4/c1-9-5-4-6-10(7-9)16-11(8-14-2)12(13)15-3/h4-8H,1-3H3. The number of hydrogen-bond acceptors (Lipinski definition) is 4. The summed E-state index contributed by atoms with van der Waals surface area (Å²) in [6.07, 6.45) is 1.20. The molecule has 0 unspecified atom stereocenters. The molecular weight excluding hydrogens is 208 g/mol. The Morgan fingerprint density at radius 1 is 1.31 bits per heavy atom. The molecule has 4 nitrogen and oxygen atoms in total. The molecule has 0 atom stereocenters. The van der Waals surface area contributed by atoms with Crippen LogP contribution in [0, 0.1) is 6.92 Å². The van der Waals surface area contributed by atoms with E-state index < -0.39 is 5.97 Å². The van der Waals surface area contributed by atoms with Crippen LogP contribution >= 0.6 is 0 Å². The maximum atomic E-state index is 11.3. The molecule has 0 heterocycles. The van der Waals surface area contributed by atoms with Gasteiger partial charge in [0, 0.05) is 0 Å². The molecule has 0 N–H and O–H groups in total. The Hall–Kier alpha value is -1.97. The van der Waals surface area contributed by atoms with E-state index in [9.17, 15) is 4.79 Å². The van der Waals surface area contributed by atoms with Gasteiger partial charge in [-0.05, 0) is 24.6 Å². The van der Waals surface area contributed by atoms with Crippen LogP contribution in [0.4, 0.5) is 0 Å². The number of carbonyl (C=O) groups excluding carboxylic acids is 1. The summed E-state index contributed by atoms with van der Waals surface area (Å²) in [5, 5.41) is 0. The van der Waals surface area contributed by atoms with Crippen molar-refractivity contribution >= 4 is 5.97 Å². The van der Waals surface area contributed by atoms with E-state index in [0.29, 0.717) is 5.75 Å². The molecule has 0 spiro atoms. The normalized spacial score (nSPS) is 10.8. The van der Waals surface area contributed by atoms with Crippen LogP contribution < -0.4 is 4.74 Å². The summed E-state index contributed by atoms with van der Waals surface area (Å²) in [4.78, 5) is 11.3. The van der Waals surface area contributed by atoms with Crippen molar-refractivity contribution in [3.8, 4) is 5.75 Å². The summed E-state index contributed by atoms with van der Waals surface area (Å²) in [5.41, 5.74) is 1.04. The van der Waals surface area contributed by atoms with Gasteiger partial charge in [0.05, 0.1) is 14.2 Å². The molecule has 0 aliphatic carbocycles. The van der Waals surface area contributed by atoms with Crippen molar-refractivity contribution in [2.24, 2.45) is 0 Å². The van der Waals surface area contributed by atoms with Crippen molar-refractivity contribution in [2.75, 3.05) is 14.2 Å². The zero-order valence-electron chi connectivity index (χ0n) is 9.52. The molecule has 0 aliphatic heterocycles. The van der Waals surface area contributed by atoms with Crippen LogP contribution in [-0.4, -0.2) is 20.2 Å². The summed E-state index contributed by atoms with van der Waals surface area (Å²) in [6.45, 7) is 1.94. The summed E-state index contributed by atoms with van der Waals surface area (Å²) >= 11 is 0. The number of ether oxygens (including phenoxy) is 3. The molecule has 0 aromatic heterocycles. The number of benzene rings is 1. The van der Waals surface area contributed by atoms with Crippen molar-refractivity contribution in [1.82, 2.24) is 0 Å². The zero-order chi connectivity index (χ0) is 12.0. The highest BCUT2D eigenvalue weighted by molar-refractivity contribution is 5.86. The first-order chi connectivity index (χ1) is 7.67. The minimum atomic E-state index is -0.580. The highest BCUT2D eigenvalue weighted by Gasteiger charge is 2.12. The molecule has 0 bridgehead atoms. The zero-order valence-corrected chi connectivity index (χ0v) is 9.52. The quantitative estimate of drug-likeness (QED) is 0.444. The number of aryl methyl sites for hydroxylation is 1. The van der Waals surface area contributed by atoms with Gasteiger partial charge >= 0.3 is 5.97 Å². The lowest BCUT2D eigenvalue weighted by Gasteiger charge is -2.08. The predicted octanol–water partition coefficient (Wildman–Crippen LogP) is 2.03. The van der Waals surface area contributed by atoms with Gasteiger partial charge < -0.3 is 14.2 Å². The molecule has 0 radical (unpaired) electrons. The number of carbonyl (C=O) groups is 1. The molecule has 0 saturated heterocycles. The second-order valence-corrected chi connectivity index (χ2v) is 3.13. The fourth-order valence-corrected chi connectivity index (χ4v) is 1.13. The molecule has 1 aromatic carbocycles. The molecule has 0 aliphatic rings. The monoisotopic (exact) mass is 222 g/mol. The molecule has 4 heteroatoms. The van der Waals surface area contributed by atoms with Crippen molar-refractivity contribution in [2.45, 2.75) is 6.92 Å². The Morgan fingerprint density at radius 2 is 2.06 bits per heavy atom. The third-order valence-corrected chi connectivity index (χ3v) is 1.83. The lowest BCUT2D eigenvalue weighted by molar-refractivity contribution is -0.138. The average Bonchev–Trinajstić information content (AvgIpc) is 2.27. The summed E-state index contributed by atoms with van der Waals surface area (Å²) < 4.78 is 14.6. The first-order valence-corrected chi connectivity index (χ1v) is 4.73. The lowest BCUT2D eigenvalue weighted by Crippen LogP contribution is -2.11. The molecule has 1 aromatic rings. The maximum absolute atomic E-state index is 11.3. The van der Waals surface area contributed by atoms with Crippen LogP contribution in [0.25, 0.3) is 0 Å². The van der Waals surface area contributed by atoms with E-state index in [1.54, 1.807) is 6.07 Å². The molecule has 1 rings (SSSR count). The summed E-state index contributed by atoms with van der Waals surface area (Å²) in [6, 6.07) is 7.34. The predicted molar refractivity (Wildman–Crippen MR) is 58.9 cm³/mol. The van der Waals surface area contributed by atoms with Gasteiger partial charge in [0.2, 0.25) is 5.76 Å². The van der Waals surface area contributed by atoms with E-state index in [0.717, 1.165) is 5.56 Å². The number of rotatable bonds is 4. The minimum absolute atomic E-state index is 0.00981. The van der Waals surface area contributed by atoms with Crippen LogP contribution in [-0.2, 0) is 14.3 Å². The van der Waals surface area contributed by atoms with Gasteiger partial charge in [0.1, 0.15) is 12.0 Å². The van der Waals surface area contributed by atoms with Crippen LogP contribution in [0.2, 0.25) is 0 Å². The Labute approximate surface area is 94.4 Å². The minimum Gasteiger partial charge on any atom is -0.500 e. The SMILES string of the molecule is COC=C(Oc1cccc(C)c1)C(=O)OC. The topological polar surface area (TPSA) is 44.8 Å². The van der Waals surface area contributed by atoms with Gasteiger partial charge in [-0.15, -0.1) is 0 Å². The van der Waals surface area contributed by atoms with Gasteiger partial charge in [-0.2, -0.15) is 0 Å². The smallest absolute Gasteiger partial charge is 0.377 e. The number of methoxy groups -OCH3 is 2. The Morgan fingerprint density at radius 3 is 2.62 bits per heavy atom. The number of esters is 1. The number of hydrogen-bond donors (Lipinski definition) is 0. The Kier molecular flexibility index (Phi) is 4.39. The fourth-order valence-electron chi connectivity index (χ4n) is 1.13. The van der Waals surface area contributed by atoms with E-state index in [1.165, 1.54) is 20.5 Å². The third kappa shape index (κ3) is 3.31. The molecule has 0 fully saturated rings. The molecule has 16 heavy (non-hydrogen) atoms. The van der Waals surface area contributed by atoms with E-state index in [4.69, 9.17) is 9.47 Å². The van der Waals surface area contributed by atoms with E-state index in [2.05, 4.69) is 4.74 Å². The molecule has 86 valence electrons. The average molecular weight is 222 g/mol. The van der Waals surface area contributed by atoms with Gasteiger partial charge in [-0.1, -0.05) is 12.1 Å². The summed E-state index contributed by atoms with van der Waals surface area (Å²) in [7, 11) is 2.72. The Balaban J connectivity index is 2.84. The lowest BCUT2D eigenvalue weighted by atomic mass is 10.2. The molecule has 0 amide bonds.